The molecule has 9 heteroatoms. The van der Waals surface area contributed by atoms with Crippen molar-refractivity contribution in [1.29, 1.82) is 0 Å². The first-order chi connectivity index (χ1) is 11.8. The van der Waals surface area contributed by atoms with E-state index in [0.717, 1.165) is 25.0 Å². The summed E-state index contributed by atoms with van der Waals surface area (Å²) in [6.07, 6.45) is 1.75. The van der Waals surface area contributed by atoms with Crippen molar-refractivity contribution in [2.45, 2.75) is 17.7 Å². The number of nitro groups is 1. The lowest BCUT2D eigenvalue weighted by molar-refractivity contribution is -0.384. The van der Waals surface area contributed by atoms with Crippen LogP contribution in [0.5, 0.6) is 0 Å². The third kappa shape index (κ3) is 4.13. The number of hydrogen-bond acceptors (Lipinski definition) is 5. The van der Waals surface area contributed by atoms with Gasteiger partial charge in [0.25, 0.3) is 15.7 Å². The largest absolute Gasteiger partial charge is 0.326 e. The highest BCUT2D eigenvalue weighted by molar-refractivity contribution is 7.92. The average Bonchev–Trinajstić information content (AvgIpc) is 3.40. The topological polar surface area (TPSA) is 118 Å². The molecule has 0 aromatic heterocycles. The highest BCUT2D eigenvalue weighted by Crippen LogP contribution is 2.30. The van der Waals surface area contributed by atoms with Gasteiger partial charge < -0.3 is 5.32 Å². The van der Waals surface area contributed by atoms with Crippen LogP contribution in [0.15, 0.2) is 53.4 Å². The van der Waals surface area contributed by atoms with Gasteiger partial charge in [0.15, 0.2) is 0 Å². The maximum atomic E-state index is 12.4. The highest BCUT2D eigenvalue weighted by Gasteiger charge is 2.29. The van der Waals surface area contributed by atoms with Crippen molar-refractivity contribution in [3.63, 3.8) is 0 Å². The van der Waals surface area contributed by atoms with Crippen molar-refractivity contribution >= 4 is 33.0 Å². The van der Waals surface area contributed by atoms with Gasteiger partial charge in [0, 0.05) is 23.7 Å². The van der Waals surface area contributed by atoms with Crippen molar-refractivity contribution in [2.24, 2.45) is 5.92 Å². The molecule has 0 atom stereocenters. The Labute approximate surface area is 144 Å². The third-order valence-corrected chi connectivity index (χ3v) is 5.09. The number of sulfonamides is 1. The predicted molar refractivity (Wildman–Crippen MR) is 91.7 cm³/mol. The van der Waals surface area contributed by atoms with Crippen LogP contribution in [0.1, 0.15) is 12.8 Å². The molecule has 2 N–H and O–H groups in total. The van der Waals surface area contributed by atoms with Crippen LogP contribution in [0.3, 0.4) is 0 Å². The lowest BCUT2D eigenvalue weighted by Gasteiger charge is -2.10. The SMILES string of the molecule is O=C(Nc1cccc(NS(=O)(=O)c2ccc([N+](=O)[O-])cc2)c1)C1CC1. The van der Waals surface area contributed by atoms with Crippen LogP contribution in [-0.4, -0.2) is 19.2 Å². The average molecular weight is 361 g/mol. The van der Waals surface area contributed by atoms with Gasteiger partial charge in [0.05, 0.1) is 15.5 Å². The van der Waals surface area contributed by atoms with Crippen LogP contribution in [0, 0.1) is 16.0 Å². The minimum Gasteiger partial charge on any atom is -0.326 e. The second-order valence-electron chi connectivity index (χ2n) is 5.70. The summed E-state index contributed by atoms with van der Waals surface area (Å²) >= 11 is 0. The molecule has 0 spiro atoms. The molecular formula is C16H15N3O5S. The monoisotopic (exact) mass is 361 g/mol. The quantitative estimate of drug-likeness (QED) is 0.606. The zero-order chi connectivity index (χ0) is 18.0. The van der Waals surface area contributed by atoms with Crippen molar-refractivity contribution < 1.29 is 18.1 Å². The maximum absolute atomic E-state index is 12.4. The molecule has 1 saturated carbocycles. The fourth-order valence-electron chi connectivity index (χ4n) is 2.21. The van der Waals surface area contributed by atoms with Crippen molar-refractivity contribution in [3.8, 4) is 0 Å². The van der Waals surface area contributed by atoms with Gasteiger partial charge in [0.2, 0.25) is 5.91 Å². The molecule has 1 amide bonds. The molecule has 0 heterocycles. The number of nitrogens with one attached hydrogen (secondary N) is 2. The van der Waals surface area contributed by atoms with E-state index in [-0.39, 0.29) is 28.1 Å². The van der Waals surface area contributed by atoms with E-state index >= 15 is 0 Å². The second kappa shape index (κ2) is 6.52. The number of anilines is 2. The summed E-state index contributed by atoms with van der Waals surface area (Å²) in [5.41, 5.74) is 0.594. The Balaban J connectivity index is 1.75. The van der Waals surface area contributed by atoms with Gasteiger partial charge in [-0.25, -0.2) is 8.42 Å². The Hall–Kier alpha value is -2.94. The number of nitrogens with zero attached hydrogens (tertiary/aromatic N) is 1. The number of non-ortho nitro benzene ring substituents is 1. The number of rotatable bonds is 6. The number of carbonyl (C=O) groups excluding carboxylic acids is 1. The summed E-state index contributed by atoms with van der Waals surface area (Å²) in [6, 6.07) is 10.9. The lowest BCUT2D eigenvalue weighted by atomic mass is 10.2. The zero-order valence-corrected chi connectivity index (χ0v) is 13.8. The Morgan fingerprint density at radius 2 is 1.72 bits per heavy atom. The first-order valence-corrected chi connectivity index (χ1v) is 9.02. The molecule has 0 aliphatic heterocycles. The summed E-state index contributed by atoms with van der Waals surface area (Å²) in [7, 11) is -3.89. The number of carbonyl (C=O) groups is 1. The number of benzene rings is 2. The highest BCUT2D eigenvalue weighted by atomic mass is 32.2. The molecule has 0 unspecified atom stereocenters. The smallest absolute Gasteiger partial charge is 0.269 e. The molecule has 1 aliphatic carbocycles. The Kier molecular flexibility index (Phi) is 4.41. The number of nitro benzene ring substituents is 1. The van der Waals surface area contributed by atoms with Gasteiger partial charge in [-0.3, -0.25) is 19.6 Å². The molecule has 0 radical (unpaired) electrons. The molecule has 2 aromatic carbocycles. The summed E-state index contributed by atoms with van der Waals surface area (Å²) in [5.74, 6) is -0.0316. The van der Waals surface area contributed by atoms with Gasteiger partial charge in [-0.1, -0.05) is 6.07 Å². The normalized spacial score (nSPS) is 13.9. The van der Waals surface area contributed by atoms with E-state index < -0.39 is 14.9 Å². The Bertz CT molecular complexity index is 921. The van der Waals surface area contributed by atoms with Gasteiger partial charge >= 0.3 is 0 Å². The van der Waals surface area contributed by atoms with Crippen LogP contribution in [0.2, 0.25) is 0 Å². The van der Waals surface area contributed by atoms with Gasteiger partial charge in [-0.2, -0.15) is 0 Å². The summed E-state index contributed by atoms with van der Waals surface area (Å²) in [4.78, 5) is 21.7. The molecular weight excluding hydrogens is 346 g/mol. The van der Waals surface area contributed by atoms with Crippen molar-refractivity contribution in [3.05, 3.63) is 58.6 Å². The molecule has 2 aromatic rings. The fourth-order valence-corrected chi connectivity index (χ4v) is 3.26. The summed E-state index contributed by atoms with van der Waals surface area (Å²) < 4.78 is 27.1. The zero-order valence-electron chi connectivity index (χ0n) is 13.0. The lowest BCUT2D eigenvalue weighted by Crippen LogP contribution is -2.15. The third-order valence-electron chi connectivity index (χ3n) is 3.69. The van der Waals surface area contributed by atoms with Crippen LogP contribution in [0.4, 0.5) is 17.1 Å². The van der Waals surface area contributed by atoms with Crippen LogP contribution in [0.25, 0.3) is 0 Å². The van der Waals surface area contributed by atoms with Crippen LogP contribution in [-0.2, 0) is 14.8 Å². The van der Waals surface area contributed by atoms with Crippen molar-refractivity contribution in [2.75, 3.05) is 10.0 Å². The van der Waals surface area contributed by atoms with Gasteiger partial charge in [-0.05, 0) is 43.2 Å². The van der Waals surface area contributed by atoms with Gasteiger partial charge in [-0.15, -0.1) is 0 Å². The molecule has 3 rings (SSSR count). The van der Waals surface area contributed by atoms with Crippen LogP contribution < -0.4 is 10.0 Å². The molecule has 8 nitrogen and oxygen atoms in total. The Morgan fingerprint density at radius 1 is 1.08 bits per heavy atom. The molecule has 25 heavy (non-hydrogen) atoms. The minimum atomic E-state index is -3.89. The molecule has 0 saturated heterocycles. The van der Waals surface area contributed by atoms with Crippen molar-refractivity contribution in [1.82, 2.24) is 0 Å². The molecule has 1 aliphatic rings. The first kappa shape index (κ1) is 16.9. The van der Waals surface area contributed by atoms with Gasteiger partial charge in [0.1, 0.15) is 0 Å². The second-order valence-corrected chi connectivity index (χ2v) is 7.38. The number of hydrogen-bond donors (Lipinski definition) is 2. The first-order valence-electron chi connectivity index (χ1n) is 7.53. The van der Waals surface area contributed by atoms with E-state index in [9.17, 15) is 23.3 Å². The van der Waals surface area contributed by atoms with E-state index in [4.69, 9.17) is 0 Å². The van der Waals surface area contributed by atoms with E-state index in [0.29, 0.717) is 5.69 Å². The molecule has 130 valence electrons. The molecule has 0 bridgehead atoms. The van der Waals surface area contributed by atoms with E-state index in [1.165, 1.54) is 18.2 Å². The Morgan fingerprint density at radius 3 is 2.32 bits per heavy atom. The summed E-state index contributed by atoms with van der Waals surface area (Å²) in [5, 5.41) is 13.4. The standard InChI is InChI=1S/C16H15N3O5S/c20-16(11-4-5-11)17-12-2-1-3-13(10-12)18-25(23,24)15-8-6-14(7-9-15)19(21)22/h1-3,6-11,18H,4-5H2,(H,17,20). The van der Waals surface area contributed by atoms with E-state index in [1.807, 2.05) is 0 Å². The minimum absolute atomic E-state index is 0.0421. The number of amides is 1. The maximum Gasteiger partial charge on any atom is 0.269 e. The summed E-state index contributed by atoms with van der Waals surface area (Å²) in [6.45, 7) is 0. The predicted octanol–water partition coefficient (Wildman–Crippen LogP) is 2.74. The fraction of sp³-hybridized carbons (Fsp3) is 0.188. The molecule has 1 fully saturated rings. The van der Waals surface area contributed by atoms with Crippen LogP contribution >= 0.6 is 0 Å². The van der Waals surface area contributed by atoms with E-state index in [2.05, 4.69) is 10.0 Å². The van der Waals surface area contributed by atoms with E-state index in [1.54, 1.807) is 18.2 Å².